The van der Waals surface area contributed by atoms with Crippen LogP contribution in [0.15, 0.2) is 0 Å². The minimum atomic E-state index is -4.48. The minimum Gasteiger partial charge on any atom is -0.463 e. The van der Waals surface area contributed by atoms with Crippen LogP contribution < -0.4 is 0 Å². The lowest BCUT2D eigenvalue weighted by Crippen LogP contribution is -2.21. The Morgan fingerprint density at radius 1 is 0.962 bits per heavy atom. The average molecular weight is 422 g/mol. The van der Waals surface area contributed by atoms with E-state index in [9.17, 15) is 23.9 Å². The van der Waals surface area contributed by atoms with Gasteiger partial charge in [0.25, 0.3) is 0 Å². The van der Waals surface area contributed by atoms with Gasteiger partial charge in [-0.15, -0.1) is 0 Å². The summed E-state index contributed by atoms with van der Waals surface area (Å²) >= 11 is 0. The van der Waals surface area contributed by atoms with Crippen molar-refractivity contribution in [3.8, 4) is 0 Å². The fourth-order valence-electron chi connectivity index (χ4n) is 1.57. The zero-order valence-corrected chi connectivity index (χ0v) is 16.7. The van der Waals surface area contributed by atoms with Crippen LogP contribution in [-0.2, 0) is 36.8 Å². The quantitative estimate of drug-likeness (QED) is 0.189. The molecule has 0 aliphatic rings. The third kappa shape index (κ3) is 14.8. The van der Waals surface area contributed by atoms with Crippen LogP contribution in [0.25, 0.3) is 0 Å². The fraction of sp³-hybridized carbons (Fsp3) is 0.923. The van der Waals surface area contributed by atoms with Crippen LogP contribution in [0.2, 0.25) is 0 Å². The Hall–Kier alpha value is -0.350. The summed E-state index contributed by atoms with van der Waals surface area (Å²) in [6.07, 6.45) is 2.56. The van der Waals surface area contributed by atoms with Gasteiger partial charge in [-0.2, -0.15) is 0 Å². The summed E-state index contributed by atoms with van der Waals surface area (Å²) in [7, 11) is -7.80. The molecule has 0 rings (SSSR count). The molecular formula is C13H28O11P2. The number of hydrogen-bond donors (Lipinski definition) is 3. The molecule has 0 fully saturated rings. The lowest BCUT2D eigenvalue weighted by Gasteiger charge is -2.16. The Kier molecular flexibility index (Phi) is 13.6. The smallest absolute Gasteiger partial charge is 0.463 e. The molecule has 0 aliphatic carbocycles. The van der Waals surface area contributed by atoms with Crippen LogP contribution in [0.4, 0.5) is 0 Å². The van der Waals surface area contributed by atoms with Gasteiger partial charge in [-0.05, 0) is 6.42 Å². The fourth-order valence-corrected chi connectivity index (χ4v) is 2.78. The molecule has 26 heavy (non-hydrogen) atoms. The second-order valence-electron chi connectivity index (χ2n) is 5.23. The molecule has 0 radical (unpaired) electrons. The number of ether oxygens (including phenoxy) is 1. The van der Waals surface area contributed by atoms with Crippen LogP contribution in [0.5, 0.6) is 0 Å². The first-order valence-corrected chi connectivity index (χ1v) is 11.1. The van der Waals surface area contributed by atoms with Gasteiger partial charge in [-0.1, -0.05) is 26.2 Å². The Balaban J connectivity index is 3.85. The van der Waals surface area contributed by atoms with Crippen molar-refractivity contribution in [3.05, 3.63) is 0 Å². The first-order chi connectivity index (χ1) is 12.1. The van der Waals surface area contributed by atoms with E-state index in [4.69, 9.17) is 9.63 Å². The molecule has 0 saturated heterocycles. The maximum atomic E-state index is 11.6. The van der Waals surface area contributed by atoms with E-state index in [0.717, 1.165) is 32.8 Å². The molecule has 0 spiro atoms. The monoisotopic (exact) mass is 422 g/mol. The normalized spacial score (nSPS) is 17.3. The lowest BCUT2D eigenvalue weighted by molar-refractivity contribution is -0.144. The number of carbonyl (C=O) groups excluding carboxylic acids is 1. The van der Waals surface area contributed by atoms with E-state index in [1.165, 1.54) is 0 Å². The van der Waals surface area contributed by atoms with Crippen molar-refractivity contribution in [2.24, 2.45) is 0 Å². The van der Waals surface area contributed by atoms with Crippen LogP contribution >= 0.6 is 15.6 Å². The van der Waals surface area contributed by atoms with Gasteiger partial charge in [0.1, 0.15) is 12.7 Å². The highest BCUT2D eigenvalue weighted by Crippen LogP contribution is 2.44. The second kappa shape index (κ2) is 13.8. The highest BCUT2D eigenvalue weighted by molar-refractivity contribution is 7.47. The number of rotatable bonds is 16. The number of carbonyl (C=O) groups is 1. The zero-order valence-electron chi connectivity index (χ0n) is 14.9. The van der Waals surface area contributed by atoms with Gasteiger partial charge in [0.2, 0.25) is 0 Å². The van der Waals surface area contributed by atoms with Gasteiger partial charge in [-0.25, -0.2) is 9.13 Å². The van der Waals surface area contributed by atoms with Crippen molar-refractivity contribution in [1.82, 2.24) is 0 Å². The summed E-state index contributed by atoms with van der Waals surface area (Å²) in [6, 6.07) is 0. The van der Waals surface area contributed by atoms with Crippen molar-refractivity contribution in [2.75, 3.05) is 33.5 Å². The molecular weight excluding hydrogens is 394 g/mol. The molecule has 2 unspecified atom stereocenters. The number of hydrogen-bond acceptors (Lipinski definition) is 9. The van der Waals surface area contributed by atoms with Crippen molar-refractivity contribution in [3.63, 3.8) is 0 Å². The van der Waals surface area contributed by atoms with Crippen LogP contribution in [-0.4, -0.2) is 60.5 Å². The highest BCUT2D eigenvalue weighted by atomic mass is 31.2. The topological polar surface area (TPSA) is 158 Å². The molecule has 0 saturated carbocycles. The van der Waals surface area contributed by atoms with Crippen molar-refractivity contribution in [2.45, 2.75) is 45.1 Å². The number of phosphoric acid groups is 2. The molecule has 0 aromatic carbocycles. The molecule has 0 bridgehead atoms. The Bertz CT molecular complexity index is 485. The summed E-state index contributed by atoms with van der Waals surface area (Å²) in [5.74, 6) is -0.419. The maximum Gasteiger partial charge on any atom is 0.472 e. The van der Waals surface area contributed by atoms with Crippen LogP contribution in [0.3, 0.4) is 0 Å². The first kappa shape index (κ1) is 25.6. The standard InChI is InChI=1S/C13H28O11P2/c1-3-4-5-6-7-13(15)21-8-9-22-26(18,19)24-11-12(14)10-23-25(16,17)20-2/h12,14H,3-11H2,1-2H3,(H,16,17)(H,18,19)/t12-/m0/s1. The molecule has 3 atom stereocenters. The molecule has 11 nitrogen and oxygen atoms in total. The van der Waals surface area contributed by atoms with Gasteiger partial charge in [0, 0.05) is 13.5 Å². The third-order valence-electron chi connectivity index (χ3n) is 2.93. The summed E-state index contributed by atoms with van der Waals surface area (Å²) in [5, 5.41) is 9.44. The Labute approximate surface area is 152 Å². The third-order valence-corrected chi connectivity index (χ3v) is 4.85. The van der Waals surface area contributed by atoms with Crippen molar-refractivity contribution >= 4 is 21.6 Å². The van der Waals surface area contributed by atoms with E-state index in [1.807, 2.05) is 0 Å². The molecule has 0 amide bonds. The lowest BCUT2D eigenvalue weighted by atomic mass is 10.2. The first-order valence-electron chi connectivity index (χ1n) is 8.10. The predicted molar refractivity (Wildman–Crippen MR) is 90.2 cm³/mol. The molecule has 0 aromatic heterocycles. The van der Waals surface area contributed by atoms with Gasteiger partial charge < -0.3 is 19.6 Å². The van der Waals surface area contributed by atoms with E-state index in [0.29, 0.717) is 0 Å². The molecule has 156 valence electrons. The van der Waals surface area contributed by atoms with E-state index in [2.05, 4.69) is 25.0 Å². The zero-order chi connectivity index (χ0) is 20.1. The molecule has 13 heteroatoms. The van der Waals surface area contributed by atoms with E-state index < -0.39 is 40.9 Å². The summed E-state index contributed by atoms with van der Waals surface area (Å²) in [4.78, 5) is 29.7. The molecule has 0 aromatic rings. The summed E-state index contributed by atoms with van der Waals surface area (Å²) in [5.41, 5.74) is 0. The second-order valence-corrected chi connectivity index (χ2v) is 8.24. The number of aliphatic hydroxyl groups is 1. The minimum absolute atomic E-state index is 0.215. The number of phosphoric ester groups is 2. The van der Waals surface area contributed by atoms with Gasteiger partial charge >= 0.3 is 21.6 Å². The summed E-state index contributed by atoms with van der Waals surface area (Å²) in [6.45, 7) is 0.137. The van der Waals surface area contributed by atoms with Crippen molar-refractivity contribution in [1.29, 1.82) is 0 Å². The van der Waals surface area contributed by atoms with Crippen molar-refractivity contribution < 1.29 is 51.6 Å². The molecule has 0 aliphatic heterocycles. The average Bonchev–Trinajstić information content (AvgIpc) is 2.59. The SMILES string of the molecule is CCCCCCC(=O)OCCOP(=O)(O)OC[C@@H](O)COP(=O)(O)OC. The highest BCUT2D eigenvalue weighted by Gasteiger charge is 2.25. The Morgan fingerprint density at radius 3 is 2.15 bits per heavy atom. The molecule has 0 heterocycles. The van der Waals surface area contributed by atoms with E-state index >= 15 is 0 Å². The van der Waals surface area contributed by atoms with Gasteiger partial charge in [-0.3, -0.25) is 22.9 Å². The largest absolute Gasteiger partial charge is 0.472 e. The summed E-state index contributed by atoms with van der Waals surface area (Å²) < 4.78 is 45.0. The van der Waals surface area contributed by atoms with Gasteiger partial charge in [0.15, 0.2) is 0 Å². The van der Waals surface area contributed by atoms with Gasteiger partial charge in [0.05, 0.1) is 19.8 Å². The number of esters is 1. The predicted octanol–water partition coefficient (Wildman–Crippen LogP) is 1.76. The van der Waals surface area contributed by atoms with E-state index in [-0.39, 0.29) is 19.6 Å². The number of unbranched alkanes of at least 4 members (excludes halogenated alkanes) is 3. The van der Waals surface area contributed by atoms with Crippen LogP contribution in [0.1, 0.15) is 39.0 Å². The van der Waals surface area contributed by atoms with Crippen LogP contribution in [0, 0.1) is 0 Å². The number of aliphatic hydroxyl groups excluding tert-OH is 1. The maximum absolute atomic E-state index is 11.6. The van der Waals surface area contributed by atoms with E-state index in [1.54, 1.807) is 0 Å². The Morgan fingerprint density at radius 2 is 1.58 bits per heavy atom. The molecule has 3 N–H and O–H groups in total.